The Hall–Kier alpha value is -1.82. The molecule has 3 heteroatoms. The molecule has 0 saturated carbocycles. The Bertz CT molecular complexity index is 326. The van der Waals surface area contributed by atoms with Gasteiger partial charge in [-0.05, 0) is 31.2 Å². The van der Waals surface area contributed by atoms with Crippen molar-refractivity contribution in [3.05, 3.63) is 29.8 Å². The standard InChI is InChI=1S/C9H9N3/c1-7(11)12-9-4-2-8(6-10)3-5-9/h2-5H,1H3,(H2,11,12). The van der Waals surface area contributed by atoms with Crippen LogP contribution in [0.2, 0.25) is 0 Å². The van der Waals surface area contributed by atoms with Gasteiger partial charge in [-0.2, -0.15) is 5.26 Å². The Kier molecular flexibility index (Phi) is 2.44. The molecule has 0 bridgehead atoms. The van der Waals surface area contributed by atoms with E-state index < -0.39 is 0 Å². The molecule has 0 amide bonds. The van der Waals surface area contributed by atoms with Gasteiger partial charge in [0.05, 0.1) is 23.2 Å². The highest BCUT2D eigenvalue weighted by Gasteiger charge is 1.90. The minimum Gasteiger partial charge on any atom is -0.387 e. The summed E-state index contributed by atoms with van der Waals surface area (Å²) in [6, 6.07) is 8.97. The van der Waals surface area contributed by atoms with Crippen LogP contribution in [0.25, 0.3) is 0 Å². The molecule has 1 rings (SSSR count). The molecule has 2 N–H and O–H groups in total. The van der Waals surface area contributed by atoms with Crippen molar-refractivity contribution in [2.45, 2.75) is 6.92 Å². The molecule has 0 aromatic heterocycles. The van der Waals surface area contributed by atoms with E-state index in [1.54, 1.807) is 31.2 Å². The second-order valence-electron chi connectivity index (χ2n) is 2.41. The fourth-order valence-electron chi connectivity index (χ4n) is 0.814. The number of benzene rings is 1. The molecule has 3 nitrogen and oxygen atoms in total. The smallest absolute Gasteiger partial charge is 0.0991 e. The molecule has 0 aliphatic heterocycles. The molecular formula is C9H9N3. The van der Waals surface area contributed by atoms with Crippen molar-refractivity contribution in [1.82, 2.24) is 0 Å². The van der Waals surface area contributed by atoms with E-state index in [1.165, 1.54) is 0 Å². The second-order valence-corrected chi connectivity index (χ2v) is 2.41. The van der Waals surface area contributed by atoms with Gasteiger partial charge in [-0.3, -0.25) is 0 Å². The molecule has 0 radical (unpaired) electrons. The first kappa shape index (κ1) is 8.28. The van der Waals surface area contributed by atoms with Crippen molar-refractivity contribution in [3.63, 3.8) is 0 Å². The third-order valence-electron chi connectivity index (χ3n) is 1.30. The average molecular weight is 159 g/mol. The summed E-state index contributed by atoms with van der Waals surface area (Å²) >= 11 is 0. The van der Waals surface area contributed by atoms with E-state index in [0.717, 1.165) is 5.69 Å². The lowest BCUT2D eigenvalue weighted by molar-refractivity contribution is 1.43. The monoisotopic (exact) mass is 159 g/mol. The average Bonchev–Trinajstić information content (AvgIpc) is 2.05. The minimum absolute atomic E-state index is 0.514. The van der Waals surface area contributed by atoms with Gasteiger partial charge in [0.25, 0.3) is 0 Å². The zero-order valence-electron chi connectivity index (χ0n) is 6.78. The van der Waals surface area contributed by atoms with Crippen LogP contribution in [-0.2, 0) is 0 Å². The van der Waals surface area contributed by atoms with Crippen molar-refractivity contribution in [1.29, 1.82) is 5.26 Å². The summed E-state index contributed by atoms with van der Waals surface area (Å²) < 4.78 is 0. The molecule has 0 spiro atoms. The minimum atomic E-state index is 0.514. The van der Waals surface area contributed by atoms with Gasteiger partial charge in [0.15, 0.2) is 0 Å². The first-order valence-corrected chi connectivity index (χ1v) is 3.53. The van der Waals surface area contributed by atoms with Gasteiger partial charge < -0.3 is 5.73 Å². The Labute approximate surface area is 71.2 Å². The van der Waals surface area contributed by atoms with Crippen LogP contribution in [0.5, 0.6) is 0 Å². The van der Waals surface area contributed by atoms with Gasteiger partial charge in [-0.1, -0.05) is 0 Å². The van der Waals surface area contributed by atoms with E-state index in [0.29, 0.717) is 11.4 Å². The summed E-state index contributed by atoms with van der Waals surface area (Å²) in [4.78, 5) is 4.02. The van der Waals surface area contributed by atoms with E-state index in [2.05, 4.69) is 4.99 Å². The van der Waals surface area contributed by atoms with E-state index >= 15 is 0 Å². The normalized spacial score (nSPS) is 10.8. The van der Waals surface area contributed by atoms with Gasteiger partial charge >= 0.3 is 0 Å². The predicted molar refractivity (Wildman–Crippen MR) is 48.1 cm³/mol. The fraction of sp³-hybridized carbons (Fsp3) is 0.111. The van der Waals surface area contributed by atoms with Crippen molar-refractivity contribution < 1.29 is 0 Å². The Morgan fingerprint density at radius 2 is 2.00 bits per heavy atom. The van der Waals surface area contributed by atoms with E-state index in [1.807, 2.05) is 6.07 Å². The molecule has 0 fully saturated rings. The van der Waals surface area contributed by atoms with Crippen LogP contribution >= 0.6 is 0 Å². The fourth-order valence-corrected chi connectivity index (χ4v) is 0.814. The third kappa shape index (κ3) is 2.10. The molecule has 0 aliphatic rings. The Morgan fingerprint density at radius 1 is 1.42 bits per heavy atom. The maximum absolute atomic E-state index is 8.50. The van der Waals surface area contributed by atoms with Gasteiger partial charge in [0.1, 0.15) is 0 Å². The number of nitrogens with zero attached hydrogens (tertiary/aromatic N) is 2. The largest absolute Gasteiger partial charge is 0.387 e. The van der Waals surface area contributed by atoms with Crippen molar-refractivity contribution in [2.24, 2.45) is 10.7 Å². The number of hydrogen-bond donors (Lipinski definition) is 1. The second kappa shape index (κ2) is 3.54. The summed E-state index contributed by atoms with van der Waals surface area (Å²) in [5.74, 6) is 0.514. The molecule has 0 unspecified atom stereocenters. The first-order chi connectivity index (χ1) is 5.72. The Balaban J connectivity index is 2.95. The zero-order chi connectivity index (χ0) is 8.97. The molecule has 0 atom stereocenters. The van der Waals surface area contributed by atoms with Crippen molar-refractivity contribution in [2.75, 3.05) is 0 Å². The van der Waals surface area contributed by atoms with Gasteiger partial charge in [-0.15, -0.1) is 0 Å². The SMILES string of the molecule is CC(N)=Nc1ccc(C#N)cc1. The van der Waals surface area contributed by atoms with E-state index in [-0.39, 0.29) is 0 Å². The maximum Gasteiger partial charge on any atom is 0.0991 e. The lowest BCUT2D eigenvalue weighted by atomic mass is 10.2. The molecule has 1 aromatic rings. The highest BCUT2D eigenvalue weighted by molar-refractivity contribution is 5.80. The van der Waals surface area contributed by atoms with Gasteiger partial charge in [0.2, 0.25) is 0 Å². The predicted octanol–water partition coefficient (Wildman–Crippen LogP) is 1.57. The quantitative estimate of drug-likeness (QED) is 0.499. The molecule has 0 heterocycles. The Morgan fingerprint density at radius 3 is 2.42 bits per heavy atom. The summed E-state index contributed by atoms with van der Waals surface area (Å²) in [5, 5.41) is 8.50. The number of rotatable bonds is 1. The van der Waals surface area contributed by atoms with Crippen LogP contribution in [0.1, 0.15) is 12.5 Å². The molecule has 60 valence electrons. The molecule has 12 heavy (non-hydrogen) atoms. The van der Waals surface area contributed by atoms with E-state index in [4.69, 9.17) is 11.0 Å². The summed E-state index contributed by atoms with van der Waals surface area (Å²) in [6.07, 6.45) is 0. The molecule has 0 saturated heterocycles. The van der Waals surface area contributed by atoms with Crippen LogP contribution in [0.15, 0.2) is 29.3 Å². The lowest BCUT2D eigenvalue weighted by Gasteiger charge is -1.93. The number of nitrogens with two attached hydrogens (primary N) is 1. The third-order valence-corrected chi connectivity index (χ3v) is 1.30. The number of amidine groups is 1. The highest BCUT2D eigenvalue weighted by atomic mass is 14.8. The van der Waals surface area contributed by atoms with Crippen LogP contribution < -0.4 is 5.73 Å². The highest BCUT2D eigenvalue weighted by Crippen LogP contribution is 2.11. The van der Waals surface area contributed by atoms with Crippen molar-refractivity contribution in [3.8, 4) is 6.07 Å². The van der Waals surface area contributed by atoms with E-state index in [9.17, 15) is 0 Å². The van der Waals surface area contributed by atoms with Crippen LogP contribution in [-0.4, -0.2) is 5.84 Å². The van der Waals surface area contributed by atoms with Gasteiger partial charge in [0, 0.05) is 0 Å². The maximum atomic E-state index is 8.50. The molecule has 0 aliphatic carbocycles. The lowest BCUT2D eigenvalue weighted by Crippen LogP contribution is -2.03. The number of nitriles is 1. The first-order valence-electron chi connectivity index (χ1n) is 3.53. The topological polar surface area (TPSA) is 62.2 Å². The molecular weight excluding hydrogens is 150 g/mol. The summed E-state index contributed by atoms with van der Waals surface area (Å²) in [5.41, 5.74) is 6.78. The summed E-state index contributed by atoms with van der Waals surface area (Å²) in [7, 11) is 0. The number of aliphatic imine (C=N–C) groups is 1. The van der Waals surface area contributed by atoms with Crippen molar-refractivity contribution >= 4 is 11.5 Å². The van der Waals surface area contributed by atoms with Crippen LogP contribution in [0.3, 0.4) is 0 Å². The zero-order valence-corrected chi connectivity index (χ0v) is 6.78. The van der Waals surface area contributed by atoms with Crippen LogP contribution in [0.4, 0.5) is 5.69 Å². The summed E-state index contributed by atoms with van der Waals surface area (Å²) in [6.45, 7) is 1.72. The van der Waals surface area contributed by atoms with Crippen LogP contribution in [0, 0.1) is 11.3 Å². The van der Waals surface area contributed by atoms with Gasteiger partial charge in [-0.25, -0.2) is 4.99 Å². The number of hydrogen-bond acceptors (Lipinski definition) is 2. The molecule has 1 aromatic carbocycles.